The number of hydrogen-bond acceptors (Lipinski definition) is 8. The molecule has 1 aromatic carbocycles. The minimum atomic E-state index is -1.14. The summed E-state index contributed by atoms with van der Waals surface area (Å²) in [7, 11) is 6.46. The lowest BCUT2D eigenvalue weighted by Crippen LogP contribution is -2.59. The van der Waals surface area contributed by atoms with Crippen molar-refractivity contribution in [3.8, 4) is 0 Å². The summed E-state index contributed by atoms with van der Waals surface area (Å²) >= 11 is 0. The first-order valence-electron chi connectivity index (χ1n) is 18.7. The average Bonchev–Trinajstić information content (AvgIpc) is 3.59. The molecule has 2 rings (SSSR count). The molecular formula is C39H66ClN5O8. The molecule has 13 nitrogen and oxygen atoms in total. The highest BCUT2D eigenvalue weighted by atomic mass is 35.5. The third-order valence-electron chi connectivity index (χ3n) is 10.6. The topological polar surface area (TPSA) is 167 Å². The number of carbonyl (C=O) groups is 5. The standard InChI is InChI=1S/C39H65N5O8.ClH/c1-12-25(6)34(43(9)38(48)33(24(4)5)42-37(47)32(40-8)23(2)3)30(51-10)22-31(45)44-20-16-19-29(44)35(52-11)26(7)36(46)41-28(39(49)50)21-27-17-14-13-15-18-27;/h13-15,17-18,23-26,28-30,32-35,40H,12,16,19-22H2,1-11H3,(H,41,46)(H,42,47)(H,49,50);1H/t25-,26+,28?,29?,30-,32-,33-,34-,35+;/m0./s1. The van der Waals surface area contributed by atoms with Gasteiger partial charge in [-0.15, -0.1) is 12.4 Å². The minimum Gasteiger partial charge on any atom is -0.480 e. The van der Waals surface area contributed by atoms with E-state index in [0.717, 1.165) is 12.0 Å². The Balaban J connectivity index is 0.0000140. The molecule has 2 unspecified atom stereocenters. The molecule has 1 fully saturated rings. The first kappa shape index (κ1) is 47.8. The Morgan fingerprint density at radius 3 is 2.02 bits per heavy atom. The highest BCUT2D eigenvalue weighted by Gasteiger charge is 2.43. The second-order valence-corrected chi connectivity index (χ2v) is 14.9. The van der Waals surface area contributed by atoms with Gasteiger partial charge in [0, 0.05) is 34.2 Å². The zero-order valence-corrected chi connectivity index (χ0v) is 34.4. The molecular weight excluding hydrogens is 702 g/mol. The smallest absolute Gasteiger partial charge is 0.326 e. The fourth-order valence-corrected chi connectivity index (χ4v) is 7.40. The van der Waals surface area contributed by atoms with E-state index in [1.807, 2.05) is 71.9 Å². The van der Waals surface area contributed by atoms with Crippen LogP contribution in [0.1, 0.15) is 79.7 Å². The molecule has 1 aliphatic rings. The molecule has 0 saturated carbocycles. The van der Waals surface area contributed by atoms with Gasteiger partial charge in [0.15, 0.2) is 0 Å². The highest BCUT2D eigenvalue weighted by molar-refractivity contribution is 5.90. The van der Waals surface area contributed by atoms with Crippen LogP contribution in [0.15, 0.2) is 30.3 Å². The fraction of sp³-hybridized carbons (Fsp3) is 0.718. The van der Waals surface area contributed by atoms with Gasteiger partial charge in [0.1, 0.15) is 12.1 Å². The number of nitrogens with zero attached hydrogens (tertiary/aromatic N) is 2. The SMILES string of the molecule is CC[C@H](C)[C@@H]([C@H](CC(=O)N1CCCC1[C@H](OC)[C@@H](C)C(=O)NC(Cc1ccccc1)C(=O)O)OC)N(C)C(=O)[C@@H](NC(=O)[C@@H](NC)C(C)C)C(C)C.Cl. The van der Waals surface area contributed by atoms with Crippen LogP contribution >= 0.6 is 12.4 Å². The van der Waals surface area contributed by atoms with Crippen molar-refractivity contribution < 1.29 is 38.6 Å². The molecule has 1 aliphatic heterocycles. The van der Waals surface area contributed by atoms with Crippen LogP contribution < -0.4 is 16.0 Å². The fourth-order valence-electron chi connectivity index (χ4n) is 7.40. The number of methoxy groups -OCH3 is 2. The maximum atomic E-state index is 14.1. The Labute approximate surface area is 323 Å². The number of benzene rings is 1. The largest absolute Gasteiger partial charge is 0.480 e. The Kier molecular flexibility index (Phi) is 20.6. The third-order valence-corrected chi connectivity index (χ3v) is 10.6. The molecule has 0 aromatic heterocycles. The van der Waals surface area contributed by atoms with Gasteiger partial charge in [-0.25, -0.2) is 4.79 Å². The molecule has 1 saturated heterocycles. The van der Waals surface area contributed by atoms with E-state index >= 15 is 0 Å². The van der Waals surface area contributed by atoms with Crippen LogP contribution in [0.5, 0.6) is 0 Å². The molecule has 4 amide bonds. The lowest BCUT2D eigenvalue weighted by Gasteiger charge is -2.41. The zero-order valence-electron chi connectivity index (χ0n) is 33.6. The van der Waals surface area contributed by atoms with Crippen LogP contribution in [0.2, 0.25) is 0 Å². The Morgan fingerprint density at radius 1 is 0.925 bits per heavy atom. The second-order valence-electron chi connectivity index (χ2n) is 14.9. The predicted molar refractivity (Wildman–Crippen MR) is 208 cm³/mol. The van der Waals surface area contributed by atoms with Gasteiger partial charge >= 0.3 is 5.97 Å². The number of carbonyl (C=O) groups excluding carboxylic acids is 4. The maximum Gasteiger partial charge on any atom is 0.326 e. The lowest BCUT2D eigenvalue weighted by molar-refractivity contribution is -0.148. The molecule has 0 bridgehead atoms. The number of carboxylic acids is 1. The van der Waals surface area contributed by atoms with Crippen LogP contribution in [0.3, 0.4) is 0 Å². The number of ether oxygens (including phenoxy) is 2. The van der Waals surface area contributed by atoms with Crippen molar-refractivity contribution in [2.75, 3.05) is 34.9 Å². The molecule has 4 N–H and O–H groups in total. The summed E-state index contributed by atoms with van der Waals surface area (Å²) in [5, 5.41) is 18.5. The van der Waals surface area contributed by atoms with Crippen LogP contribution in [0.25, 0.3) is 0 Å². The van der Waals surface area contributed by atoms with E-state index in [2.05, 4.69) is 16.0 Å². The summed E-state index contributed by atoms with van der Waals surface area (Å²) in [6.07, 6.45) is 0.818. The van der Waals surface area contributed by atoms with E-state index in [1.54, 1.807) is 30.8 Å². The van der Waals surface area contributed by atoms with E-state index in [9.17, 15) is 29.1 Å². The molecule has 0 spiro atoms. The highest BCUT2D eigenvalue weighted by Crippen LogP contribution is 2.29. The molecule has 0 radical (unpaired) electrons. The Hall–Kier alpha value is -3.26. The summed E-state index contributed by atoms with van der Waals surface area (Å²) in [6.45, 7) is 13.9. The van der Waals surface area contributed by atoms with E-state index in [1.165, 1.54) is 14.2 Å². The Bertz CT molecular complexity index is 1320. The van der Waals surface area contributed by atoms with E-state index in [4.69, 9.17) is 9.47 Å². The number of halogens is 1. The lowest BCUT2D eigenvalue weighted by atomic mass is 9.89. The number of likely N-dealkylation sites (tertiary alicyclic amines) is 1. The van der Waals surface area contributed by atoms with Crippen LogP contribution in [0, 0.1) is 23.7 Å². The minimum absolute atomic E-state index is 0. The van der Waals surface area contributed by atoms with E-state index in [-0.39, 0.29) is 60.7 Å². The van der Waals surface area contributed by atoms with Crippen molar-refractivity contribution in [2.24, 2.45) is 23.7 Å². The number of nitrogens with one attached hydrogen (secondary N) is 3. The van der Waals surface area contributed by atoms with Crippen molar-refractivity contribution in [1.82, 2.24) is 25.8 Å². The summed E-state index contributed by atoms with van der Waals surface area (Å²) in [5.74, 6) is -3.27. The van der Waals surface area contributed by atoms with Gasteiger partial charge in [-0.05, 0) is 43.2 Å². The third kappa shape index (κ3) is 12.9. The number of aliphatic carboxylic acids is 1. The number of carboxylic acid groups (broad SMARTS) is 1. The summed E-state index contributed by atoms with van der Waals surface area (Å²) in [4.78, 5) is 70.3. The molecule has 9 atom stereocenters. The van der Waals surface area contributed by atoms with Crippen molar-refractivity contribution in [1.29, 1.82) is 0 Å². The van der Waals surface area contributed by atoms with Crippen molar-refractivity contribution in [3.63, 3.8) is 0 Å². The number of amides is 4. The Morgan fingerprint density at radius 2 is 1.53 bits per heavy atom. The monoisotopic (exact) mass is 767 g/mol. The normalized spacial score (nSPS) is 18.9. The van der Waals surface area contributed by atoms with E-state index in [0.29, 0.717) is 19.4 Å². The molecule has 53 heavy (non-hydrogen) atoms. The zero-order chi connectivity index (χ0) is 39.3. The number of rotatable bonds is 21. The quantitative estimate of drug-likeness (QED) is 0.146. The van der Waals surface area contributed by atoms with E-state index < -0.39 is 60.2 Å². The van der Waals surface area contributed by atoms with Crippen LogP contribution in [-0.2, 0) is 39.9 Å². The predicted octanol–water partition coefficient (Wildman–Crippen LogP) is 3.53. The van der Waals surface area contributed by atoms with Crippen LogP contribution in [-0.4, -0.2) is 122 Å². The maximum absolute atomic E-state index is 14.1. The molecule has 302 valence electrons. The van der Waals surface area contributed by atoms with Gasteiger partial charge in [-0.1, -0.05) is 85.2 Å². The number of hydrogen-bond donors (Lipinski definition) is 4. The van der Waals surface area contributed by atoms with Gasteiger partial charge in [-0.2, -0.15) is 0 Å². The first-order valence-corrected chi connectivity index (χ1v) is 18.7. The van der Waals surface area contributed by atoms with Gasteiger partial charge in [0.25, 0.3) is 0 Å². The van der Waals surface area contributed by atoms with Gasteiger partial charge < -0.3 is 40.3 Å². The van der Waals surface area contributed by atoms with Crippen molar-refractivity contribution in [3.05, 3.63) is 35.9 Å². The summed E-state index contributed by atoms with van der Waals surface area (Å²) in [5.41, 5.74) is 0.785. The van der Waals surface area contributed by atoms with Gasteiger partial charge in [0.05, 0.1) is 42.7 Å². The van der Waals surface area contributed by atoms with Gasteiger partial charge in [-0.3, -0.25) is 19.2 Å². The van der Waals surface area contributed by atoms with Crippen LogP contribution in [0.4, 0.5) is 0 Å². The number of likely N-dealkylation sites (N-methyl/N-ethyl adjacent to an activating group) is 2. The van der Waals surface area contributed by atoms with Crippen molar-refractivity contribution >= 4 is 42.0 Å². The average molecular weight is 768 g/mol. The molecule has 14 heteroatoms. The summed E-state index contributed by atoms with van der Waals surface area (Å²) in [6, 6.07) is 5.84. The van der Waals surface area contributed by atoms with Gasteiger partial charge in [0.2, 0.25) is 23.6 Å². The molecule has 1 aromatic rings. The summed E-state index contributed by atoms with van der Waals surface area (Å²) < 4.78 is 11.8. The van der Waals surface area contributed by atoms with Crippen molar-refractivity contribution in [2.45, 2.75) is 123 Å². The molecule has 0 aliphatic carbocycles. The molecule has 1 heterocycles. The first-order chi connectivity index (χ1) is 24.5. The second kappa shape index (κ2) is 22.8.